The molecule has 1 aliphatic carbocycles. The molecular weight excluding hydrogens is 240 g/mol. The quantitative estimate of drug-likeness (QED) is 0.870. The van der Waals surface area contributed by atoms with E-state index in [9.17, 15) is 4.79 Å². The number of rotatable bonds is 2. The molecule has 1 fully saturated rings. The van der Waals surface area contributed by atoms with Crippen LogP contribution in [0.25, 0.3) is 11.1 Å². The van der Waals surface area contributed by atoms with Crippen LogP contribution in [-0.2, 0) is 0 Å². The molecule has 1 aromatic heterocycles. The molecule has 2 aromatic rings. The molecule has 0 spiro atoms. The number of nitrogens with one attached hydrogen (secondary N) is 2. The molecule has 19 heavy (non-hydrogen) atoms. The van der Waals surface area contributed by atoms with Gasteiger partial charge in [0.05, 0.1) is 5.52 Å². The molecule has 1 aromatic carbocycles. The maximum absolute atomic E-state index is 11.1. The maximum atomic E-state index is 11.1. The summed E-state index contributed by atoms with van der Waals surface area (Å²) in [7, 11) is 0. The van der Waals surface area contributed by atoms with Gasteiger partial charge in [-0.15, -0.1) is 0 Å². The van der Waals surface area contributed by atoms with E-state index >= 15 is 0 Å². The highest BCUT2D eigenvalue weighted by Crippen LogP contribution is 2.31. The summed E-state index contributed by atoms with van der Waals surface area (Å²) in [5.74, 6) is 1.12. The lowest BCUT2D eigenvalue weighted by Crippen LogP contribution is -2.32. The van der Waals surface area contributed by atoms with Gasteiger partial charge in [-0.1, -0.05) is 13.8 Å². The molecule has 1 saturated carbocycles. The van der Waals surface area contributed by atoms with Gasteiger partial charge in [0.2, 0.25) is 0 Å². The van der Waals surface area contributed by atoms with E-state index in [-0.39, 0.29) is 0 Å². The molecule has 1 heterocycles. The Morgan fingerprint density at radius 2 is 2.16 bits per heavy atom. The van der Waals surface area contributed by atoms with Gasteiger partial charge in [0, 0.05) is 11.7 Å². The molecule has 0 aliphatic heterocycles. The largest absolute Gasteiger partial charge is 0.417 e. The van der Waals surface area contributed by atoms with Gasteiger partial charge in [0.1, 0.15) is 0 Å². The van der Waals surface area contributed by atoms with Crippen LogP contribution >= 0.6 is 0 Å². The number of benzene rings is 1. The van der Waals surface area contributed by atoms with E-state index < -0.39 is 5.76 Å². The van der Waals surface area contributed by atoms with Crippen molar-refractivity contribution in [3.8, 4) is 0 Å². The third-order valence-electron chi connectivity index (χ3n) is 4.20. The van der Waals surface area contributed by atoms with Crippen LogP contribution in [0.4, 0.5) is 5.69 Å². The van der Waals surface area contributed by atoms with E-state index in [0.29, 0.717) is 17.5 Å². The summed E-state index contributed by atoms with van der Waals surface area (Å²) in [4.78, 5) is 13.8. The first-order valence-corrected chi connectivity index (χ1v) is 7.01. The van der Waals surface area contributed by atoms with E-state index in [2.05, 4.69) is 24.1 Å². The normalized spacial score (nSPS) is 27.6. The highest BCUT2D eigenvalue weighted by atomic mass is 16.4. The fraction of sp³-hybridized carbons (Fsp3) is 0.533. The van der Waals surface area contributed by atoms with Crippen molar-refractivity contribution < 1.29 is 4.42 Å². The lowest BCUT2D eigenvalue weighted by molar-refractivity contribution is 0.276. The van der Waals surface area contributed by atoms with Crippen molar-refractivity contribution in [3.05, 3.63) is 28.7 Å². The average Bonchev–Trinajstić information content (AvgIpc) is 2.72. The Labute approximate surface area is 112 Å². The maximum Gasteiger partial charge on any atom is 0.417 e. The zero-order valence-corrected chi connectivity index (χ0v) is 11.4. The lowest BCUT2D eigenvalue weighted by Gasteiger charge is -2.33. The third kappa shape index (κ3) is 2.53. The van der Waals surface area contributed by atoms with Crippen molar-refractivity contribution in [2.45, 2.75) is 39.2 Å². The lowest BCUT2D eigenvalue weighted by atomic mass is 9.80. The fourth-order valence-electron chi connectivity index (χ4n) is 3.14. The summed E-state index contributed by atoms with van der Waals surface area (Å²) in [6, 6.07) is 6.29. The molecule has 3 unspecified atom stereocenters. The monoisotopic (exact) mass is 260 g/mol. The van der Waals surface area contributed by atoms with Crippen LogP contribution in [0.3, 0.4) is 0 Å². The number of oxazole rings is 1. The van der Waals surface area contributed by atoms with E-state index in [1.807, 2.05) is 18.2 Å². The molecular formula is C15H20N2O2. The SMILES string of the molecule is CC1CCC(Nc2ccc3oc(=O)[nH]c3c2)C(C)C1. The third-order valence-corrected chi connectivity index (χ3v) is 4.20. The topological polar surface area (TPSA) is 58.0 Å². The molecule has 0 saturated heterocycles. The van der Waals surface area contributed by atoms with Gasteiger partial charge in [-0.25, -0.2) is 4.79 Å². The highest BCUT2D eigenvalue weighted by molar-refractivity contribution is 5.76. The van der Waals surface area contributed by atoms with Gasteiger partial charge in [0.25, 0.3) is 0 Å². The minimum atomic E-state index is -0.396. The first-order valence-electron chi connectivity index (χ1n) is 7.01. The van der Waals surface area contributed by atoms with Crippen LogP contribution in [-0.4, -0.2) is 11.0 Å². The smallest absolute Gasteiger partial charge is 0.408 e. The molecule has 4 heteroatoms. The van der Waals surface area contributed by atoms with Crippen molar-refractivity contribution in [3.63, 3.8) is 0 Å². The van der Waals surface area contributed by atoms with Gasteiger partial charge < -0.3 is 9.73 Å². The van der Waals surface area contributed by atoms with Crippen LogP contribution < -0.4 is 11.1 Å². The first kappa shape index (κ1) is 12.3. The number of aromatic amines is 1. The number of hydrogen-bond donors (Lipinski definition) is 2. The van der Waals surface area contributed by atoms with Crippen molar-refractivity contribution in [2.24, 2.45) is 11.8 Å². The number of hydrogen-bond acceptors (Lipinski definition) is 3. The van der Waals surface area contributed by atoms with E-state index in [1.165, 1.54) is 19.3 Å². The Kier molecular flexibility index (Phi) is 3.09. The summed E-state index contributed by atoms with van der Waals surface area (Å²) in [6.07, 6.45) is 3.78. The second kappa shape index (κ2) is 4.76. The Morgan fingerprint density at radius 1 is 1.32 bits per heavy atom. The fourth-order valence-corrected chi connectivity index (χ4v) is 3.14. The van der Waals surface area contributed by atoms with Crippen molar-refractivity contribution >= 4 is 16.8 Å². The van der Waals surface area contributed by atoms with Gasteiger partial charge in [-0.3, -0.25) is 4.98 Å². The number of aromatic nitrogens is 1. The first-order chi connectivity index (χ1) is 9.11. The Balaban J connectivity index is 1.79. The number of H-pyrrole nitrogens is 1. The summed E-state index contributed by atoms with van der Waals surface area (Å²) >= 11 is 0. The Hall–Kier alpha value is -1.71. The van der Waals surface area contributed by atoms with Crippen molar-refractivity contribution in [2.75, 3.05) is 5.32 Å². The van der Waals surface area contributed by atoms with Crippen LogP contribution in [0, 0.1) is 11.8 Å². The minimum Gasteiger partial charge on any atom is -0.408 e. The van der Waals surface area contributed by atoms with E-state index in [1.54, 1.807) is 0 Å². The molecule has 4 nitrogen and oxygen atoms in total. The zero-order chi connectivity index (χ0) is 13.4. The van der Waals surface area contributed by atoms with Crippen LogP contribution in [0.15, 0.2) is 27.4 Å². The minimum absolute atomic E-state index is 0.396. The molecule has 0 amide bonds. The van der Waals surface area contributed by atoms with E-state index in [4.69, 9.17) is 4.42 Å². The van der Waals surface area contributed by atoms with Gasteiger partial charge in [-0.2, -0.15) is 0 Å². The zero-order valence-electron chi connectivity index (χ0n) is 11.4. The summed E-state index contributed by atoms with van der Waals surface area (Å²) in [5.41, 5.74) is 2.42. The Morgan fingerprint density at radius 3 is 2.95 bits per heavy atom. The standard InChI is InChI=1S/C15H20N2O2/c1-9-3-5-12(10(2)7-9)16-11-4-6-14-13(8-11)17-15(18)19-14/h4,6,8-10,12,16H,3,5,7H2,1-2H3,(H,17,18). The second-order valence-corrected chi connectivity index (χ2v) is 5.87. The van der Waals surface area contributed by atoms with Crippen LogP contribution in [0.1, 0.15) is 33.1 Å². The molecule has 0 bridgehead atoms. The molecule has 102 valence electrons. The summed E-state index contributed by atoms with van der Waals surface area (Å²) in [5, 5.41) is 3.59. The number of fused-ring (bicyclic) bond motifs is 1. The van der Waals surface area contributed by atoms with Gasteiger partial charge >= 0.3 is 5.76 Å². The predicted octanol–water partition coefficient (Wildman–Crippen LogP) is 3.36. The molecule has 3 atom stereocenters. The van der Waals surface area contributed by atoms with Crippen molar-refractivity contribution in [1.82, 2.24) is 4.98 Å². The van der Waals surface area contributed by atoms with Gasteiger partial charge in [-0.05, 0) is 49.3 Å². The molecule has 0 radical (unpaired) electrons. The van der Waals surface area contributed by atoms with E-state index in [0.717, 1.165) is 17.1 Å². The second-order valence-electron chi connectivity index (χ2n) is 5.87. The summed E-state index contributed by atoms with van der Waals surface area (Å²) in [6.45, 7) is 4.64. The van der Waals surface area contributed by atoms with Gasteiger partial charge in [0.15, 0.2) is 5.58 Å². The molecule has 2 N–H and O–H groups in total. The van der Waals surface area contributed by atoms with Crippen molar-refractivity contribution in [1.29, 1.82) is 0 Å². The average molecular weight is 260 g/mol. The summed E-state index contributed by atoms with van der Waals surface area (Å²) < 4.78 is 5.01. The highest BCUT2D eigenvalue weighted by Gasteiger charge is 2.25. The van der Waals surface area contributed by atoms with Crippen LogP contribution in [0.2, 0.25) is 0 Å². The molecule has 1 aliphatic rings. The Bertz CT molecular complexity index is 628. The predicted molar refractivity (Wildman–Crippen MR) is 76.4 cm³/mol. The van der Waals surface area contributed by atoms with Crippen LogP contribution in [0.5, 0.6) is 0 Å². The molecule has 3 rings (SSSR count). The number of anilines is 1.